The largest absolute Gasteiger partial charge is 0.459 e. The first-order valence-electron chi connectivity index (χ1n) is 17.1. The van der Waals surface area contributed by atoms with E-state index in [1.54, 1.807) is 27.7 Å². The van der Waals surface area contributed by atoms with Gasteiger partial charge in [-0.2, -0.15) is 5.26 Å². The molecule has 0 unspecified atom stereocenters. The summed E-state index contributed by atoms with van der Waals surface area (Å²) in [4.78, 5) is 80.2. The van der Waals surface area contributed by atoms with Crippen LogP contribution in [0.4, 0.5) is 0 Å². The van der Waals surface area contributed by atoms with Gasteiger partial charge in [0.2, 0.25) is 0 Å². The average molecular weight is 804 g/mol. The molecule has 0 N–H and O–H groups in total. The molecule has 53 heavy (non-hydrogen) atoms. The van der Waals surface area contributed by atoms with E-state index in [4.69, 9.17) is 18.9 Å². The van der Waals surface area contributed by atoms with Gasteiger partial charge in [0.25, 0.3) is 11.8 Å². The zero-order chi connectivity index (χ0) is 39.1. The fourth-order valence-corrected chi connectivity index (χ4v) is 10.1. The molecule has 1 saturated heterocycles. The van der Waals surface area contributed by atoms with Gasteiger partial charge in [-0.05, 0) is 19.8 Å². The second-order valence-corrected chi connectivity index (χ2v) is 17.2. The van der Waals surface area contributed by atoms with Crippen molar-refractivity contribution in [2.75, 3.05) is 26.3 Å². The summed E-state index contributed by atoms with van der Waals surface area (Å²) < 4.78 is 22.7. The number of benzene rings is 1. The molecule has 0 radical (unpaired) electrons. The van der Waals surface area contributed by atoms with Crippen LogP contribution in [-0.4, -0.2) is 72.0 Å². The molecule has 1 aromatic carbocycles. The maximum atomic E-state index is 13.9. The number of amides is 2. The van der Waals surface area contributed by atoms with Crippen molar-refractivity contribution in [1.29, 1.82) is 5.26 Å². The van der Waals surface area contributed by atoms with E-state index < -0.39 is 47.5 Å². The van der Waals surface area contributed by atoms with Crippen molar-refractivity contribution in [3.8, 4) is 17.6 Å². The molecule has 13 nitrogen and oxygen atoms in total. The summed E-state index contributed by atoms with van der Waals surface area (Å²) in [6, 6.07) is 1.88. The average Bonchev–Trinajstić information content (AvgIpc) is 3.80. The number of nitriles is 1. The Hall–Kier alpha value is -3.85. The number of thioether (sulfide) groups is 4. The third kappa shape index (κ3) is 9.28. The number of esters is 4. The van der Waals surface area contributed by atoms with Crippen LogP contribution in [0.15, 0.2) is 51.4 Å². The van der Waals surface area contributed by atoms with Gasteiger partial charge in [-0.25, -0.2) is 19.6 Å². The van der Waals surface area contributed by atoms with E-state index in [1.807, 2.05) is 19.9 Å². The van der Waals surface area contributed by atoms with E-state index in [9.17, 15) is 34.0 Å². The predicted octanol–water partition coefficient (Wildman–Crippen LogP) is 7.00. The number of hydrogen-bond donors (Lipinski definition) is 0. The number of fused-ring (bicyclic) bond motifs is 2. The number of carbonyl (C=O) groups is 6. The lowest BCUT2D eigenvalue weighted by Gasteiger charge is -2.27. The van der Waals surface area contributed by atoms with Crippen LogP contribution < -0.4 is 9.47 Å². The Bertz CT molecular complexity index is 1750. The Morgan fingerprint density at radius 2 is 1.15 bits per heavy atom. The van der Waals surface area contributed by atoms with Crippen LogP contribution >= 0.6 is 47.0 Å². The normalized spacial score (nSPS) is 14.8. The Kier molecular flexibility index (Phi) is 14.6. The summed E-state index contributed by atoms with van der Waals surface area (Å²) in [5.74, 6) is -4.60. The van der Waals surface area contributed by atoms with Crippen molar-refractivity contribution in [2.24, 2.45) is 11.8 Å². The quantitative estimate of drug-likeness (QED) is 0.0443. The van der Waals surface area contributed by atoms with E-state index in [-0.39, 0.29) is 45.7 Å². The van der Waals surface area contributed by atoms with Crippen molar-refractivity contribution in [1.82, 2.24) is 10.0 Å². The first-order valence-corrected chi connectivity index (χ1v) is 20.3. The molecular formula is C36H41N3O10S4. The summed E-state index contributed by atoms with van der Waals surface area (Å²) in [6.45, 7) is 15.8. The summed E-state index contributed by atoms with van der Waals surface area (Å²) in [5.41, 5.74) is -0.212. The Morgan fingerprint density at radius 1 is 0.736 bits per heavy atom. The Morgan fingerprint density at radius 3 is 1.53 bits per heavy atom. The Labute approximate surface area is 325 Å². The van der Waals surface area contributed by atoms with Gasteiger partial charge in [-0.3, -0.25) is 19.2 Å². The lowest BCUT2D eigenvalue weighted by atomic mass is 10.2. The molecule has 0 aliphatic carbocycles. The number of hydrogen-bond acceptors (Lipinski definition) is 15. The van der Waals surface area contributed by atoms with Gasteiger partial charge in [0.05, 0.1) is 39.9 Å². The highest BCUT2D eigenvalue weighted by Gasteiger charge is 2.46. The molecule has 1 fully saturated rings. The molecule has 17 heteroatoms. The van der Waals surface area contributed by atoms with Crippen LogP contribution in [-0.2, 0) is 38.2 Å². The minimum absolute atomic E-state index is 0.0184. The molecule has 0 spiro atoms. The van der Waals surface area contributed by atoms with Gasteiger partial charge in [-0.15, -0.1) is 0 Å². The van der Waals surface area contributed by atoms with E-state index in [1.165, 1.54) is 16.9 Å². The number of carbonyl (C=O) groups excluding carboxylic acids is 6. The summed E-state index contributed by atoms with van der Waals surface area (Å²) in [5, 5.41) is 13.0. The van der Waals surface area contributed by atoms with E-state index in [0.717, 1.165) is 59.9 Å². The SMILES string of the molecule is C=C(C)C(=O)OCCOC(=O)C(C#N)=C1Sc2c(OC(=O)C(C)C)c3c(c(OC(=O)C(C)C)c2S1)SC(=C1C(=O)N(CCCC)N(CCCC)C1=O)S3. The standard InChI is InChI=1S/C36H41N3O10S4/c1-9-11-13-38-29(40)22(30(41)39(38)14-12-10-2)36-52-27-23(48-32(43)19(5)6)25-26(24(28(27)53-36)49-33(44)20(7)8)51-35(50-25)21(17-37)34(45)47-16-15-46-31(42)18(3)4/h19-20H,3,9-16H2,1-2,4-8H3. The lowest BCUT2D eigenvalue weighted by Crippen LogP contribution is -2.42. The maximum Gasteiger partial charge on any atom is 0.350 e. The van der Waals surface area contributed by atoms with Gasteiger partial charge in [-0.1, -0.05) is 108 Å². The fraction of sp³-hybridized carbons (Fsp3) is 0.472. The molecule has 2 amide bonds. The fourth-order valence-electron chi connectivity index (χ4n) is 4.67. The van der Waals surface area contributed by atoms with Crippen LogP contribution in [0.25, 0.3) is 0 Å². The van der Waals surface area contributed by atoms with Crippen LogP contribution in [0.3, 0.4) is 0 Å². The third-order valence-electron chi connectivity index (χ3n) is 7.62. The molecular weight excluding hydrogens is 763 g/mol. The monoisotopic (exact) mass is 803 g/mol. The summed E-state index contributed by atoms with van der Waals surface area (Å²) in [6.07, 6.45) is 3.05. The van der Waals surface area contributed by atoms with Crippen molar-refractivity contribution in [3.63, 3.8) is 0 Å². The van der Waals surface area contributed by atoms with Crippen LogP contribution in [0.1, 0.15) is 74.1 Å². The van der Waals surface area contributed by atoms with Crippen LogP contribution in [0.2, 0.25) is 0 Å². The Balaban J connectivity index is 1.83. The van der Waals surface area contributed by atoms with Gasteiger partial charge < -0.3 is 18.9 Å². The van der Waals surface area contributed by atoms with Gasteiger partial charge >= 0.3 is 23.9 Å². The summed E-state index contributed by atoms with van der Waals surface area (Å²) >= 11 is 4.05. The second kappa shape index (κ2) is 18.5. The maximum absolute atomic E-state index is 13.9. The summed E-state index contributed by atoms with van der Waals surface area (Å²) in [7, 11) is 0. The number of ether oxygens (including phenoxy) is 4. The molecule has 4 rings (SSSR count). The number of hydrazine groups is 1. The van der Waals surface area contributed by atoms with E-state index in [0.29, 0.717) is 49.8 Å². The highest BCUT2D eigenvalue weighted by Crippen LogP contribution is 2.68. The molecule has 1 aromatic rings. The molecule has 0 atom stereocenters. The number of rotatable bonds is 15. The predicted molar refractivity (Wildman–Crippen MR) is 200 cm³/mol. The molecule has 284 valence electrons. The highest BCUT2D eigenvalue weighted by atomic mass is 32.2. The van der Waals surface area contributed by atoms with Crippen LogP contribution in [0, 0.1) is 23.2 Å². The third-order valence-corrected chi connectivity index (χ3v) is 12.8. The smallest absolute Gasteiger partial charge is 0.350 e. The molecule has 0 bridgehead atoms. The number of nitrogens with zero attached hydrogens (tertiary/aromatic N) is 3. The van der Waals surface area contributed by atoms with E-state index >= 15 is 0 Å². The van der Waals surface area contributed by atoms with Gasteiger partial charge in [0, 0.05) is 18.7 Å². The van der Waals surface area contributed by atoms with E-state index in [2.05, 4.69) is 6.58 Å². The van der Waals surface area contributed by atoms with Crippen molar-refractivity contribution in [2.45, 2.75) is 93.7 Å². The zero-order valence-electron chi connectivity index (χ0n) is 30.6. The molecule has 0 aromatic heterocycles. The van der Waals surface area contributed by atoms with Gasteiger partial charge in [0.15, 0.2) is 17.1 Å². The van der Waals surface area contributed by atoms with Gasteiger partial charge in [0.1, 0.15) is 24.9 Å². The zero-order valence-corrected chi connectivity index (χ0v) is 33.8. The first-order chi connectivity index (χ1) is 25.2. The molecule has 3 aliphatic heterocycles. The first kappa shape index (κ1) is 41.9. The number of unbranched alkanes of at least 4 members (excludes halogenated alkanes) is 2. The van der Waals surface area contributed by atoms with Crippen LogP contribution in [0.5, 0.6) is 11.5 Å². The molecule has 0 saturated carbocycles. The minimum Gasteiger partial charge on any atom is -0.459 e. The second-order valence-electron chi connectivity index (χ2n) is 12.6. The van der Waals surface area contributed by atoms with Crippen molar-refractivity contribution >= 4 is 82.7 Å². The molecule has 3 aliphatic rings. The van der Waals surface area contributed by atoms with Crippen molar-refractivity contribution < 1.29 is 47.7 Å². The molecule has 3 heterocycles. The minimum atomic E-state index is -0.982. The topological polar surface area (TPSA) is 170 Å². The van der Waals surface area contributed by atoms with Crippen molar-refractivity contribution in [3.05, 3.63) is 31.8 Å². The lowest BCUT2D eigenvalue weighted by molar-refractivity contribution is -0.147. The highest BCUT2D eigenvalue weighted by molar-refractivity contribution is 8.26.